The minimum Gasteiger partial charge on any atom is -0.370 e. The van der Waals surface area contributed by atoms with Gasteiger partial charge in [0.05, 0.1) is 10.2 Å². The smallest absolute Gasteiger partial charge is 0.159 e. The minimum absolute atomic E-state index is 0.0905. The van der Waals surface area contributed by atoms with E-state index in [9.17, 15) is 0 Å². The molecule has 0 aromatic carbocycles. The zero-order chi connectivity index (χ0) is 13.2. The van der Waals surface area contributed by atoms with Crippen LogP contribution in [0.15, 0.2) is 4.47 Å². The van der Waals surface area contributed by atoms with Gasteiger partial charge in [-0.1, -0.05) is 6.92 Å². The van der Waals surface area contributed by atoms with Crippen molar-refractivity contribution < 1.29 is 4.74 Å². The SMILES string of the molecule is CCCNc1nc(C2CCCO2)nc(C2CC2)c1Br. The van der Waals surface area contributed by atoms with E-state index >= 15 is 0 Å². The van der Waals surface area contributed by atoms with E-state index in [4.69, 9.17) is 9.72 Å². The van der Waals surface area contributed by atoms with Crippen LogP contribution in [0.25, 0.3) is 0 Å². The molecular formula is C14H20BrN3O. The number of hydrogen-bond donors (Lipinski definition) is 1. The topological polar surface area (TPSA) is 47.0 Å². The van der Waals surface area contributed by atoms with Crippen molar-refractivity contribution in [3.63, 3.8) is 0 Å². The largest absolute Gasteiger partial charge is 0.370 e. The highest BCUT2D eigenvalue weighted by Crippen LogP contribution is 2.44. The first kappa shape index (κ1) is 13.3. The van der Waals surface area contributed by atoms with Crippen LogP contribution in [-0.4, -0.2) is 23.1 Å². The highest BCUT2D eigenvalue weighted by atomic mass is 79.9. The van der Waals surface area contributed by atoms with Gasteiger partial charge in [0.1, 0.15) is 11.9 Å². The predicted octanol–water partition coefficient (Wildman–Crippen LogP) is 3.79. The number of ether oxygens (including phenoxy) is 1. The molecular weight excluding hydrogens is 306 g/mol. The third-order valence-electron chi connectivity index (χ3n) is 3.62. The average Bonchev–Trinajstić information content (AvgIpc) is 3.11. The summed E-state index contributed by atoms with van der Waals surface area (Å²) in [5, 5.41) is 3.40. The Morgan fingerprint density at radius 1 is 1.32 bits per heavy atom. The Labute approximate surface area is 122 Å². The van der Waals surface area contributed by atoms with Crippen molar-refractivity contribution in [1.82, 2.24) is 9.97 Å². The van der Waals surface area contributed by atoms with Crippen LogP contribution in [0.1, 0.15) is 62.6 Å². The van der Waals surface area contributed by atoms with Gasteiger partial charge in [0, 0.05) is 19.1 Å². The molecule has 0 spiro atoms. The van der Waals surface area contributed by atoms with Crippen LogP contribution in [0.5, 0.6) is 0 Å². The Bertz CT molecular complexity index is 456. The molecule has 2 aliphatic rings. The molecule has 104 valence electrons. The molecule has 0 radical (unpaired) electrons. The van der Waals surface area contributed by atoms with E-state index in [-0.39, 0.29) is 6.10 Å². The third-order valence-corrected chi connectivity index (χ3v) is 4.40. The van der Waals surface area contributed by atoms with E-state index in [2.05, 4.69) is 33.2 Å². The van der Waals surface area contributed by atoms with Gasteiger partial charge in [-0.3, -0.25) is 0 Å². The third kappa shape index (κ3) is 2.92. The summed E-state index contributed by atoms with van der Waals surface area (Å²) < 4.78 is 6.77. The van der Waals surface area contributed by atoms with Crippen LogP contribution in [0.3, 0.4) is 0 Å². The summed E-state index contributed by atoms with van der Waals surface area (Å²) in [7, 11) is 0. The summed E-state index contributed by atoms with van der Waals surface area (Å²) in [6.45, 7) is 3.93. The standard InChI is InChI=1S/C14H20BrN3O/c1-2-7-16-14-11(15)12(9-5-6-9)17-13(18-14)10-4-3-8-19-10/h9-10H,2-8H2,1H3,(H,16,17,18). The van der Waals surface area contributed by atoms with Crippen molar-refractivity contribution in [2.24, 2.45) is 0 Å². The van der Waals surface area contributed by atoms with E-state index < -0.39 is 0 Å². The first-order valence-electron chi connectivity index (χ1n) is 7.22. The van der Waals surface area contributed by atoms with Crippen LogP contribution in [-0.2, 0) is 4.74 Å². The van der Waals surface area contributed by atoms with E-state index in [0.29, 0.717) is 5.92 Å². The number of hydrogen-bond acceptors (Lipinski definition) is 4. The van der Waals surface area contributed by atoms with Crippen LogP contribution in [0, 0.1) is 0 Å². The van der Waals surface area contributed by atoms with Gasteiger partial charge in [-0.2, -0.15) is 0 Å². The molecule has 2 heterocycles. The molecule has 3 rings (SSSR count). The van der Waals surface area contributed by atoms with E-state index in [0.717, 1.165) is 48.5 Å². The Balaban J connectivity index is 1.92. The van der Waals surface area contributed by atoms with Crippen LogP contribution in [0.2, 0.25) is 0 Å². The molecule has 2 fully saturated rings. The first-order chi connectivity index (χ1) is 9.29. The summed E-state index contributed by atoms with van der Waals surface area (Å²) in [5.74, 6) is 2.41. The molecule has 1 aromatic rings. The number of anilines is 1. The zero-order valence-electron chi connectivity index (χ0n) is 11.3. The quantitative estimate of drug-likeness (QED) is 0.894. The van der Waals surface area contributed by atoms with Crippen molar-refractivity contribution in [2.75, 3.05) is 18.5 Å². The van der Waals surface area contributed by atoms with Gasteiger partial charge in [-0.15, -0.1) is 0 Å². The summed E-state index contributed by atoms with van der Waals surface area (Å²) in [6.07, 6.45) is 5.82. The maximum Gasteiger partial charge on any atom is 0.159 e. The number of nitrogens with one attached hydrogen (secondary N) is 1. The second kappa shape index (κ2) is 5.75. The Morgan fingerprint density at radius 3 is 2.79 bits per heavy atom. The van der Waals surface area contributed by atoms with E-state index in [1.54, 1.807) is 0 Å². The van der Waals surface area contributed by atoms with Crippen molar-refractivity contribution in [1.29, 1.82) is 0 Å². The number of halogens is 1. The summed E-state index contributed by atoms with van der Waals surface area (Å²) in [4.78, 5) is 9.43. The maximum absolute atomic E-state index is 5.73. The van der Waals surface area contributed by atoms with Gasteiger partial charge in [-0.25, -0.2) is 9.97 Å². The number of aromatic nitrogens is 2. The monoisotopic (exact) mass is 325 g/mol. The second-order valence-corrected chi connectivity index (χ2v) is 6.13. The molecule has 1 N–H and O–H groups in total. The molecule has 5 heteroatoms. The molecule has 1 atom stereocenters. The van der Waals surface area contributed by atoms with Gasteiger partial charge in [-0.05, 0) is 48.0 Å². The highest BCUT2D eigenvalue weighted by Gasteiger charge is 2.31. The fraction of sp³-hybridized carbons (Fsp3) is 0.714. The van der Waals surface area contributed by atoms with Gasteiger partial charge in [0.25, 0.3) is 0 Å². The molecule has 4 nitrogen and oxygen atoms in total. The molecule has 0 amide bonds. The lowest BCUT2D eigenvalue weighted by atomic mass is 10.2. The summed E-state index contributed by atoms with van der Waals surface area (Å²) in [6, 6.07) is 0. The maximum atomic E-state index is 5.73. The molecule has 1 aliphatic heterocycles. The van der Waals surface area contributed by atoms with Crippen LogP contribution >= 0.6 is 15.9 Å². The van der Waals surface area contributed by atoms with Crippen LogP contribution < -0.4 is 5.32 Å². The van der Waals surface area contributed by atoms with E-state index in [1.165, 1.54) is 18.5 Å². The number of rotatable bonds is 5. The Morgan fingerprint density at radius 2 is 2.16 bits per heavy atom. The molecule has 1 saturated heterocycles. The second-order valence-electron chi connectivity index (χ2n) is 5.33. The Kier molecular flexibility index (Phi) is 4.03. The molecule has 1 aliphatic carbocycles. The molecule has 19 heavy (non-hydrogen) atoms. The molecule has 1 saturated carbocycles. The number of nitrogens with zero attached hydrogens (tertiary/aromatic N) is 2. The van der Waals surface area contributed by atoms with Gasteiger partial charge >= 0.3 is 0 Å². The molecule has 0 bridgehead atoms. The average molecular weight is 326 g/mol. The van der Waals surface area contributed by atoms with Crippen LogP contribution in [0.4, 0.5) is 5.82 Å². The predicted molar refractivity (Wildman–Crippen MR) is 78.4 cm³/mol. The zero-order valence-corrected chi connectivity index (χ0v) is 12.9. The van der Waals surface area contributed by atoms with E-state index in [1.807, 2.05) is 0 Å². The van der Waals surface area contributed by atoms with Crippen molar-refractivity contribution in [2.45, 2.75) is 51.0 Å². The molecule has 1 aromatic heterocycles. The Hall–Kier alpha value is -0.680. The lowest BCUT2D eigenvalue weighted by Crippen LogP contribution is -2.11. The van der Waals surface area contributed by atoms with Crippen molar-refractivity contribution in [3.8, 4) is 0 Å². The van der Waals surface area contributed by atoms with Gasteiger partial charge < -0.3 is 10.1 Å². The first-order valence-corrected chi connectivity index (χ1v) is 8.01. The summed E-state index contributed by atoms with van der Waals surface area (Å²) in [5.41, 5.74) is 1.17. The fourth-order valence-corrected chi connectivity index (χ4v) is 3.04. The van der Waals surface area contributed by atoms with Gasteiger partial charge in [0.15, 0.2) is 5.82 Å². The highest BCUT2D eigenvalue weighted by molar-refractivity contribution is 9.10. The molecule has 1 unspecified atom stereocenters. The minimum atomic E-state index is 0.0905. The lowest BCUT2D eigenvalue weighted by molar-refractivity contribution is 0.105. The van der Waals surface area contributed by atoms with Crippen molar-refractivity contribution >= 4 is 21.7 Å². The summed E-state index contributed by atoms with van der Waals surface area (Å²) >= 11 is 3.67. The normalized spacial score (nSPS) is 22.7. The lowest BCUT2D eigenvalue weighted by Gasteiger charge is -2.15. The van der Waals surface area contributed by atoms with Crippen molar-refractivity contribution in [3.05, 3.63) is 16.0 Å². The fourth-order valence-electron chi connectivity index (χ4n) is 2.40. The van der Waals surface area contributed by atoms with Gasteiger partial charge in [0.2, 0.25) is 0 Å².